The molecule has 7 nitrogen and oxygen atoms in total. The van der Waals surface area contributed by atoms with Gasteiger partial charge in [0.25, 0.3) is 5.91 Å². The van der Waals surface area contributed by atoms with Crippen LogP contribution < -0.4 is 10.5 Å². The molecule has 0 spiro atoms. The zero-order chi connectivity index (χ0) is 17.6. The third-order valence-corrected chi connectivity index (χ3v) is 3.95. The van der Waals surface area contributed by atoms with E-state index >= 15 is 0 Å². The quantitative estimate of drug-likeness (QED) is 0.757. The average Bonchev–Trinajstić information content (AvgIpc) is 2.53. The molecule has 0 saturated heterocycles. The van der Waals surface area contributed by atoms with E-state index in [4.69, 9.17) is 9.88 Å². The summed E-state index contributed by atoms with van der Waals surface area (Å²) >= 11 is 0. The maximum absolute atomic E-state index is 11.7. The molecule has 0 bridgehead atoms. The lowest BCUT2D eigenvalue weighted by Gasteiger charge is -2.07. The Kier molecular flexibility index (Phi) is 5.67. The summed E-state index contributed by atoms with van der Waals surface area (Å²) < 4.78 is 27.1. The minimum atomic E-state index is -3.78. The van der Waals surface area contributed by atoms with Gasteiger partial charge in [-0.2, -0.15) is 0 Å². The van der Waals surface area contributed by atoms with Gasteiger partial charge in [0.15, 0.2) is 6.61 Å². The Morgan fingerprint density at radius 3 is 2.21 bits per heavy atom. The molecule has 0 unspecified atom stereocenters. The molecule has 2 aromatic carbocycles. The van der Waals surface area contributed by atoms with Crippen LogP contribution in [-0.4, -0.2) is 26.9 Å². The fourth-order valence-corrected chi connectivity index (χ4v) is 2.40. The minimum absolute atomic E-state index is 0.0604. The SMILES string of the molecule is NS(=O)(=O)c1ccc(NC(=O)COC(=O)Cc2ccccc2)cc1. The van der Waals surface area contributed by atoms with Crippen molar-refractivity contribution in [3.05, 3.63) is 60.2 Å². The number of carbonyl (C=O) groups excluding carboxylic acids is 2. The van der Waals surface area contributed by atoms with Crippen molar-refractivity contribution in [3.8, 4) is 0 Å². The molecule has 0 radical (unpaired) electrons. The predicted octanol–water partition coefficient (Wildman–Crippen LogP) is 1.06. The van der Waals surface area contributed by atoms with E-state index < -0.39 is 28.5 Å². The molecule has 24 heavy (non-hydrogen) atoms. The van der Waals surface area contributed by atoms with Crippen LogP contribution in [0.2, 0.25) is 0 Å². The number of hydrogen-bond acceptors (Lipinski definition) is 5. The van der Waals surface area contributed by atoms with E-state index in [1.807, 2.05) is 6.07 Å². The second-order valence-corrected chi connectivity index (χ2v) is 6.50. The number of benzene rings is 2. The summed E-state index contributed by atoms with van der Waals surface area (Å²) in [5.41, 5.74) is 1.16. The van der Waals surface area contributed by atoms with Crippen LogP contribution in [0.1, 0.15) is 5.56 Å². The first-order valence-corrected chi connectivity index (χ1v) is 8.51. The first-order chi connectivity index (χ1) is 11.3. The number of anilines is 1. The Bertz CT molecular complexity index is 817. The molecule has 1 amide bonds. The highest BCUT2D eigenvalue weighted by Crippen LogP contribution is 2.12. The molecule has 8 heteroatoms. The van der Waals surface area contributed by atoms with Gasteiger partial charge in [0.1, 0.15) is 0 Å². The molecule has 0 atom stereocenters. The van der Waals surface area contributed by atoms with Crippen LogP contribution in [0.3, 0.4) is 0 Å². The van der Waals surface area contributed by atoms with Crippen molar-refractivity contribution in [2.75, 3.05) is 11.9 Å². The summed E-state index contributed by atoms with van der Waals surface area (Å²) in [6, 6.07) is 14.3. The van der Waals surface area contributed by atoms with E-state index in [0.717, 1.165) is 5.56 Å². The van der Waals surface area contributed by atoms with Crippen LogP contribution in [0.5, 0.6) is 0 Å². The largest absolute Gasteiger partial charge is 0.455 e. The van der Waals surface area contributed by atoms with E-state index in [0.29, 0.717) is 5.69 Å². The number of hydrogen-bond donors (Lipinski definition) is 2. The molecule has 0 saturated carbocycles. The van der Waals surface area contributed by atoms with Crippen molar-refractivity contribution in [1.29, 1.82) is 0 Å². The summed E-state index contributed by atoms with van der Waals surface area (Å²) in [6.07, 6.45) is 0.0805. The lowest BCUT2D eigenvalue weighted by Crippen LogP contribution is -2.21. The maximum atomic E-state index is 11.7. The highest BCUT2D eigenvalue weighted by Gasteiger charge is 2.10. The predicted molar refractivity (Wildman–Crippen MR) is 87.5 cm³/mol. The van der Waals surface area contributed by atoms with Crippen LogP contribution in [0.25, 0.3) is 0 Å². The molecular weight excluding hydrogens is 332 g/mol. The van der Waals surface area contributed by atoms with E-state index in [-0.39, 0.29) is 11.3 Å². The Hall–Kier alpha value is -2.71. The summed E-state index contributed by atoms with van der Waals surface area (Å²) in [4.78, 5) is 23.3. The standard InChI is InChI=1S/C16H16N2O5S/c17-24(21,22)14-8-6-13(7-9-14)18-15(19)11-23-16(20)10-12-4-2-1-3-5-12/h1-9H,10-11H2,(H,18,19)(H2,17,21,22). The zero-order valence-electron chi connectivity index (χ0n) is 12.6. The van der Waals surface area contributed by atoms with E-state index in [1.54, 1.807) is 24.3 Å². The van der Waals surface area contributed by atoms with Crippen LogP contribution in [0.4, 0.5) is 5.69 Å². The van der Waals surface area contributed by atoms with Gasteiger partial charge in [0.2, 0.25) is 10.0 Å². The fourth-order valence-electron chi connectivity index (χ4n) is 1.88. The first-order valence-electron chi connectivity index (χ1n) is 6.97. The van der Waals surface area contributed by atoms with Crippen molar-refractivity contribution in [3.63, 3.8) is 0 Å². The van der Waals surface area contributed by atoms with Crippen molar-refractivity contribution >= 4 is 27.6 Å². The van der Waals surface area contributed by atoms with Gasteiger partial charge in [-0.3, -0.25) is 9.59 Å². The third-order valence-electron chi connectivity index (χ3n) is 3.02. The van der Waals surface area contributed by atoms with Gasteiger partial charge in [-0.1, -0.05) is 30.3 Å². The van der Waals surface area contributed by atoms with Gasteiger partial charge >= 0.3 is 5.97 Å². The van der Waals surface area contributed by atoms with Crippen molar-refractivity contribution in [2.24, 2.45) is 5.14 Å². The normalized spacial score (nSPS) is 10.9. The van der Waals surface area contributed by atoms with Gasteiger partial charge < -0.3 is 10.1 Å². The van der Waals surface area contributed by atoms with E-state index in [2.05, 4.69) is 5.32 Å². The molecule has 2 aromatic rings. The van der Waals surface area contributed by atoms with Crippen molar-refractivity contribution < 1.29 is 22.7 Å². The first kappa shape index (κ1) is 17.6. The Morgan fingerprint density at radius 1 is 1.00 bits per heavy atom. The van der Waals surface area contributed by atoms with Crippen molar-refractivity contribution in [1.82, 2.24) is 0 Å². The summed E-state index contributed by atoms with van der Waals surface area (Å²) in [6.45, 7) is -0.428. The highest BCUT2D eigenvalue weighted by atomic mass is 32.2. The van der Waals surface area contributed by atoms with Crippen LogP contribution in [0.15, 0.2) is 59.5 Å². The van der Waals surface area contributed by atoms with Crippen molar-refractivity contribution in [2.45, 2.75) is 11.3 Å². The van der Waals surface area contributed by atoms with Crippen LogP contribution >= 0.6 is 0 Å². The molecule has 0 aliphatic heterocycles. The summed E-state index contributed by atoms with van der Waals surface area (Å²) in [7, 11) is -3.78. The molecule has 0 aromatic heterocycles. The number of esters is 1. The van der Waals surface area contributed by atoms with Gasteiger partial charge in [-0.25, -0.2) is 13.6 Å². The molecule has 0 fully saturated rings. The average molecular weight is 348 g/mol. The molecule has 0 aliphatic carbocycles. The number of amides is 1. The molecule has 0 heterocycles. The lowest BCUT2D eigenvalue weighted by atomic mass is 10.2. The molecule has 2 rings (SSSR count). The van der Waals surface area contributed by atoms with Gasteiger partial charge in [-0.05, 0) is 29.8 Å². The Morgan fingerprint density at radius 2 is 1.62 bits per heavy atom. The smallest absolute Gasteiger partial charge is 0.310 e. The minimum Gasteiger partial charge on any atom is -0.455 e. The topological polar surface area (TPSA) is 116 Å². The summed E-state index contributed by atoms with van der Waals surface area (Å²) in [5, 5.41) is 7.47. The van der Waals surface area contributed by atoms with Crippen LogP contribution in [-0.2, 0) is 30.8 Å². The molecule has 0 aliphatic rings. The monoisotopic (exact) mass is 348 g/mol. The van der Waals surface area contributed by atoms with E-state index in [1.165, 1.54) is 24.3 Å². The van der Waals surface area contributed by atoms with Gasteiger partial charge in [-0.15, -0.1) is 0 Å². The molecule has 3 N–H and O–H groups in total. The second kappa shape index (κ2) is 7.71. The number of ether oxygens (including phenoxy) is 1. The second-order valence-electron chi connectivity index (χ2n) is 4.94. The zero-order valence-corrected chi connectivity index (χ0v) is 13.5. The van der Waals surface area contributed by atoms with Gasteiger partial charge in [0, 0.05) is 5.69 Å². The maximum Gasteiger partial charge on any atom is 0.310 e. The van der Waals surface area contributed by atoms with Crippen LogP contribution in [0, 0.1) is 0 Å². The van der Waals surface area contributed by atoms with E-state index in [9.17, 15) is 18.0 Å². The Balaban J connectivity index is 1.82. The number of nitrogens with one attached hydrogen (secondary N) is 1. The number of carbonyl (C=O) groups is 2. The summed E-state index contributed by atoms with van der Waals surface area (Å²) in [5.74, 6) is -1.04. The molecular formula is C16H16N2O5S. The third kappa shape index (κ3) is 5.49. The number of primary sulfonamides is 1. The lowest BCUT2D eigenvalue weighted by molar-refractivity contribution is -0.146. The number of sulfonamides is 1. The number of rotatable bonds is 6. The van der Waals surface area contributed by atoms with Gasteiger partial charge in [0.05, 0.1) is 11.3 Å². The molecule has 126 valence electrons. The fraction of sp³-hybridized carbons (Fsp3) is 0.125. The Labute approximate surface area is 139 Å². The number of nitrogens with two attached hydrogens (primary N) is 1. The highest BCUT2D eigenvalue weighted by molar-refractivity contribution is 7.89.